The first-order valence-electron chi connectivity index (χ1n) is 10.2. The van der Waals surface area contributed by atoms with Gasteiger partial charge in [0.25, 0.3) is 0 Å². The minimum atomic E-state index is -0.638. The van der Waals surface area contributed by atoms with Gasteiger partial charge in [-0.15, -0.1) is 0 Å². The molecule has 31 heavy (non-hydrogen) atoms. The largest absolute Gasteiger partial charge is 0.437 e. The Bertz CT molecular complexity index is 1060. The Balaban J connectivity index is 1.30. The molecule has 0 bridgehead atoms. The highest BCUT2D eigenvalue weighted by atomic mass is 35.5. The lowest BCUT2D eigenvalue weighted by molar-refractivity contribution is -0.00308. The van der Waals surface area contributed by atoms with Crippen molar-refractivity contribution >= 4 is 35.2 Å². The summed E-state index contributed by atoms with van der Waals surface area (Å²) in [6.45, 7) is 6.14. The molecule has 4 heterocycles. The molecule has 3 fully saturated rings. The molecule has 1 N–H and O–H groups in total. The smallest absolute Gasteiger partial charge is 0.411 e. The Labute approximate surface area is 184 Å². The zero-order chi connectivity index (χ0) is 21.8. The molecule has 1 unspecified atom stereocenters. The number of fused-ring (bicyclic) bond motifs is 2. The van der Waals surface area contributed by atoms with Gasteiger partial charge in [-0.25, -0.2) is 19.6 Å². The van der Waals surface area contributed by atoms with Crippen LogP contribution in [0.5, 0.6) is 0 Å². The van der Waals surface area contributed by atoms with Gasteiger partial charge in [-0.2, -0.15) is 0 Å². The van der Waals surface area contributed by atoms with Crippen molar-refractivity contribution in [2.75, 3.05) is 42.9 Å². The molecule has 3 aliphatic heterocycles. The van der Waals surface area contributed by atoms with Crippen LogP contribution in [0.4, 0.5) is 21.1 Å². The van der Waals surface area contributed by atoms with Crippen molar-refractivity contribution in [3.63, 3.8) is 0 Å². The van der Waals surface area contributed by atoms with Crippen LogP contribution in [-0.4, -0.2) is 76.3 Å². The zero-order valence-electron chi connectivity index (χ0n) is 17.3. The van der Waals surface area contributed by atoms with E-state index >= 15 is 0 Å². The summed E-state index contributed by atoms with van der Waals surface area (Å²) in [6, 6.07) is 6.84. The molecule has 1 aromatic heterocycles. The highest BCUT2D eigenvalue weighted by molar-refractivity contribution is 6.31. The van der Waals surface area contributed by atoms with Crippen molar-refractivity contribution in [1.82, 2.24) is 19.8 Å². The van der Waals surface area contributed by atoms with Gasteiger partial charge < -0.3 is 19.9 Å². The number of anilines is 2. The van der Waals surface area contributed by atoms with Crippen LogP contribution < -0.4 is 10.2 Å². The SMILES string of the molecule is Cc1nccc(N2CC3(C2)OC(=O)N2CCN(C(=O)Nc4cc(Cl)ccc4C)CC23)n1. The number of urea groups is 1. The number of amides is 3. The lowest BCUT2D eigenvalue weighted by atomic mass is 9.84. The highest BCUT2D eigenvalue weighted by Crippen LogP contribution is 2.41. The van der Waals surface area contributed by atoms with Crippen LogP contribution >= 0.6 is 11.6 Å². The van der Waals surface area contributed by atoms with Gasteiger partial charge in [-0.1, -0.05) is 17.7 Å². The van der Waals surface area contributed by atoms with Crippen molar-refractivity contribution in [3.8, 4) is 0 Å². The number of hydrogen-bond acceptors (Lipinski definition) is 6. The van der Waals surface area contributed by atoms with Crippen LogP contribution in [0.1, 0.15) is 11.4 Å². The van der Waals surface area contributed by atoms with Gasteiger partial charge in [0.05, 0.1) is 19.1 Å². The van der Waals surface area contributed by atoms with Crippen LogP contribution in [0.2, 0.25) is 5.02 Å². The fourth-order valence-electron chi connectivity index (χ4n) is 4.52. The molecule has 0 saturated carbocycles. The maximum atomic E-state index is 12.9. The Morgan fingerprint density at radius 1 is 1.26 bits per heavy atom. The predicted octanol–water partition coefficient (Wildman–Crippen LogP) is 2.67. The van der Waals surface area contributed by atoms with Crippen LogP contribution in [0.25, 0.3) is 0 Å². The molecule has 9 nitrogen and oxygen atoms in total. The Morgan fingerprint density at radius 2 is 2.06 bits per heavy atom. The number of aryl methyl sites for hydroxylation is 2. The molecule has 1 aromatic carbocycles. The summed E-state index contributed by atoms with van der Waals surface area (Å²) < 4.78 is 5.82. The molecular weight excluding hydrogens is 420 g/mol. The van der Waals surface area contributed by atoms with Gasteiger partial charge in [0.1, 0.15) is 11.6 Å². The first-order chi connectivity index (χ1) is 14.8. The van der Waals surface area contributed by atoms with Crippen molar-refractivity contribution < 1.29 is 14.3 Å². The number of ether oxygens (including phenoxy) is 1. The summed E-state index contributed by atoms with van der Waals surface area (Å²) in [5.74, 6) is 1.51. The first-order valence-corrected chi connectivity index (χ1v) is 10.6. The van der Waals surface area contributed by atoms with Gasteiger partial charge in [0, 0.05) is 36.5 Å². The molecule has 1 atom stereocenters. The monoisotopic (exact) mass is 442 g/mol. The molecule has 3 amide bonds. The summed E-state index contributed by atoms with van der Waals surface area (Å²) in [5.41, 5.74) is 0.977. The summed E-state index contributed by atoms with van der Waals surface area (Å²) >= 11 is 6.07. The summed E-state index contributed by atoms with van der Waals surface area (Å²) in [4.78, 5) is 39.6. The van der Waals surface area contributed by atoms with E-state index in [1.165, 1.54) is 0 Å². The minimum absolute atomic E-state index is 0.195. The van der Waals surface area contributed by atoms with Crippen molar-refractivity contribution in [2.24, 2.45) is 0 Å². The Kier molecular flexibility index (Phi) is 4.65. The van der Waals surface area contributed by atoms with Crippen molar-refractivity contribution in [1.29, 1.82) is 0 Å². The predicted molar refractivity (Wildman–Crippen MR) is 115 cm³/mol. The first kappa shape index (κ1) is 19.9. The third-order valence-corrected chi connectivity index (χ3v) is 6.48. The van der Waals surface area contributed by atoms with Gasteiger partial charge in [0.2, 0.25) is 0 Å². The molecule has 162 valence electrons. The standard InChI is InChI=1S/C21H23ClN6O3/c1-13-3-4-15(22)9-16(13)25-19(29)26-7-8-28-17(10-26)21(31-20(28)30)11-27(12-21)18-5-6-23-14(2)24-18/h3-6,9,17H,7-8,10-12H2,1-2H3,(H,25,29). The lowest BCUT2D eigenvalue weighted by Gasteiger charge is -2.51. The van der Waals surface area contributed by atoms with E-state index in [1.807, 2.05) is 26.0 Å². The summed E-state index contributed by atoms with van der Waals surface area (Å²) in [6.07, 6.45) is 1.41. The average molecular weight is 443 g/mol. The number of benzene rings is 1. The lowest BCUT2D eigenvalue weighted by Crippen LogP contribution is -2.71. The second kappa shape index (κ2) is 7.26. The quantitative estimate of drug-likeness (QED) is 0.768. The molecule has 0 aliphatic carbocycles. The fraction of sp³-hybridized carbons (Fsp3) is 0.429. The number of carbonyl (C=O) groups excluding carboxylic acids is 2. The number of hydrogen-bond donors (Lipinski definition) is 1. The van der Waals surface area contributed by atoms with E-state index in [9.17, 15) is 9.59 Å². The van der Waals surface area contributed by atoms with Crippen molar-refractivity contribution in [3.05, 3.63) is 46.9 Å². The molecule has 5 rings (SSSR count). The molecule has 10 heteroatoms. The number of rotatable bonds is 2. The van der Waals surface area contributed by atoms with Crippen LogP contribution in [0.15, 0.2) is 30.5 Å². The third kappa shape index (κ3) is 3.42. The number of carbonyl (C=O) groups is 2. The maximum absolute atomic E-state index is 12.9. The summed E-state index contributed by atoms with van der Waals surface area (Å²) in [7, 11) is 0. The van der Waals surface area contributed by atoms with E-state index in [4.69, 9.17) is 16.3 Å². The van der Waals surface area contributed by atoms with E-state index in [1.54, 1.807) is 28.1 Å². The van der Waals surface area contributed by atoms with E-state index in [-0.39, 0.29) is 18.2 Å². The zero-order valence-corrected chi connectivity index (χ0v) is 18.1. The molecule has 2 aromatic rings. The topological polar surface area (TPSA) is 90.9 Å². The summed E-state index contributed by atoms with van der Waals surface area (Å²) in [5, 5.41) is 3.51. The average Bonchev–Trinajstić information content (AvgIpc) is 3.02. The normalized spacial score (nSPS) is 21.6. The van der Waals surface area contributed by atoms with Gasteiger partial charge >= 0.3 is 12.1 Å². The van der Waals surface area contributed by atoms with Crippen LogP contribution in [0.3, 0.4) is 0 Å². The molecular formula is C21H23ClN6O3. The van der Waals surface area contributed by atoms with Crippen LogP contribution in [0, 0.1) is 13.8 Å². The highest BCUT2D eigenvalue weighted by Gasteiger charge is 2.62. The maximum Gasteiger partial charge on any atom is 0.411 e. The fourth-order valence-corrected chi connectivity index (χ4v) is 4.69. The van der Waals surface area contributed by atoms with Gasteiger partial charge in [0.15, 0.2) is 5.60 Å². The number of aromatic nitrogens is 2. The van der Waals surface area contributed by atoms with Gasteiger partial charge in [-0.3, -0.25) is 4.90 Å². The second-order valence-electron chi connectivity index (χ2n) is 8.30. The number of piperazine rings is 1. The Hall–Kier alpha value is -3.07. The number of halogens is 1. The molecule has 1 spiro atoms. The van der Waals surface area contributed by atoms with E-state index in [0.717, 1.165) is 11.4 Å². The van der Waals surface area contributed by atoms with Crippen molar-refractivity contribution in [2.45, 2.75) is 25.5 Å². The minimum Gasteiger partial charge on any atom is -0.437 e. The number of nitrogens with zero attached hydrogens (tertiary/aromatic N) is 5. The Morgan fingerprint density at radius 3 is 2.84 bits per heavy atom. The van der Waals surface area contributed by atoms with E-state index < -0.39 is 5.60 Å². The number of nitrogens with one attached hydrogen (secondary N) is 1. The molecule has 3 saturated heterocycles. The molecule has 3 aliphatic rings. The van der Waals surface area contributed by atoms with E-state index in [2.05, 4.69) is 20.2 Å². The van der Waals surface area contributed by atoms with E-state index in [0.29, 0.717) is 49.3 Å². The second-order valence-corrected chi connectivity index (χ2v) is 8.73. The van der Waals surface area contributed by atoms with Gasteiger partial charge in [-0.05, 0) is 37.6 Å². The molecule has 0 radical (unpaired) electrons. The third-order valence-electron chi connectivity index (χ3n) is 6.24. The van der Waals surface area contributed by atoms with Crippen LogP contribution in [-0.2, 0) is 4.74 Å².